The standard InChI is InChI=1S/C51H28N4O4/c1-5-13-41-33(9-1)37-21-17-30(26-46(37)57-41)50-52-49(29-18-24-45-40(25-29)36-12-4-8-16-44(36)56-45)53-51(54-50)55(31-19-22-38-34-10-2-6-14-42(34)58-47(38)27-31)32-20-23-39-35-11-3-7-15-43(35)59-48(39)28-32/h1-28H. The van der Waals surface area contributed by atoms with Crippen LogP contribution in [0.15, 0.2) is 188 Å². The van der Waals surface area contributed by atoms with Gasteiger partial charge in [-0.3, -0.25) is 4.90 Å². The summed E-state index contributed by atoms with van der Waals surface area (Å²) in [5.74, 6) is 1.41. The molecule has 0 amide bonds. The molecule has 13 rings (SSSR count). The Kier molecular flexibility index (Phi) is 6.56. The quantitative estimate of drug-likeness (QED) is 0.171. The third-order valence-corrected chi connectivity index (χ3v) is 11.3. The number of anilines is 3. The van der Waals surface area contributed by atoms with Gasteiger partial charge in [-0.15, -0.1) is 0 Å². The molecule has 0 spiro atoms. The maximum Gasteiger partial charge on any atom is 0.238 e. The average Bonchev–Trinajstić information content (AvgIpc) is 4.05. The van der Waals surface area contributed by atoms with Crippen LogP contribution in [-0.4, -0.2) is 15.0 Å². The zero-order valence-electron chi connectivity index (χ0n) is 31.1. The Morgan fingerprint density at radius 2 is 0.661 bits per heavy atom. The van der Waals surface area contributed by atoms with Crippen molar-refractivity contribution in [2.75, 3.05) is 4.90 Å². The first-order valence-electron chi connectivity index (χ1n) is 19.4. The molecule has 0 atom stereocenters. The zero-order chi connectivity index (χ0) is 38.6. The van der Waals surface area contributed by atoms with E-state index in [1.165, 1.54) is 0 Å². The van der Waals surface area contributed by atoms with Crippen molar-refractivity contribution < 1.29 is 17.7 Å². The molecule has 0 saturated carbocycles. The number of rotatable bonds is 5. The molecule has 5 aromatic heterocycles. The maximum absolute atomic E-state index is 6.43. The van der Waals surface area contributed by atoms with Gasteiger partial charge in [0.2, 0.25) is 5.95 Å². The van der Waals surface area contributed by atoms with Crippen LogP contribution < -0.4 is 4.90 Å². The Labute approximate surface area is 334 Å². The molecule has 0 aliphatic heterocycles. The van der Waals surface area contributed by atoms with Gasteiger partial charge in [-0.25, -0.2) is 4.98 Å². The van der Waals surface area contributed by atoms with E-state index in [0.29, 0.717) is 17.6 Å². The van der Waals surface area contributed by atoms with Crippen LogP contribution in [0.3, 0.4) is 0 Å². The summed E-state index contributed by atoms with van der Waals surface area (Å²) >= 11 is 0. The first-order valence-corrected chi connectivity index (χ1v) is 19.4. The molecule has 5 heterocycles. The molecular weight excluding hydrogens is 733 g/mol. The lowest BCUT2D eigenvalue weighted by Crippen LogP contribution is -2.15. The molecular formula is C51H28N4O4. The van der Waals surface area contributed by atoms with E-state index < -0.39 is 0 Å². The van der Waals surface area contributed by atoms with Gasteiger partial charge in [-0.1, -0.05) is 78.9 Å². The second-order valence-electron chi connectivity index (χ2n) is 14.8. The van der Waals surface area contributed by atoms with Crippen LogP contribution >= 0.6 is 0 Å². The van der Waals surface area contributed by atoms with Crippen LogP contribution in [0.4, 0.5) is 17.3 Å². The number of para-hydroxylation sites is 4. The van der Waals surface area contributed by atoms with Gasteiger partial charge in [-0.05, 0) is 78.9 Å². The Balaban J connectivity index is 1.07. The van der Waals surface area contributed by atoms with E-state index in [1.54, 1.807) is 0 Å². The van der Waals surface area contributed by atoms with Crippen LogP contribution in [0.5, 0.6) is 0 Å². The Morgan fingerprint density at radius 1 is 0.288 bits per heavy atom. The molecule has 8 nitrogen and oxygen atoms in total. The highest BCUT2D eigenvalue weighted by atomic mass is 16.3. The fourth-order valence-electron chi connectivity index (χ4n) is 8.54. The van der Waals surface area contributed by atoms with Gasteiger partial charge in [-0.2, -0.15) is 9.97 Å². The van der Waals surface area contributed by atoms with Crippen LogP contribution in [0.1, 0.15) is 0 Å². The topological polar surface area (TPSA) is 94.5 Å². The highest BCUT2D eigenvalue weighted by molar-refractivity contribution is 6.09. The molecule has 0 bridgehead atoms. The summed E-state index contributed by atoms with van der Waals surface area (Å²) in [6.45, 7) is 0. The van der Waals surface area contributed by atoms with E-state index in [-0.39, 0.29) is 0 Å². The molecule has 0 saturated heterocycles. The van der Waals surface area contributed by atoms with Gasteiger partial charge in [0.25, 0.3) is 0 Å². The van der Waals surface area contributed by atoms with Crippen molar-refractivity contribution in [1.82, 2.24) is 15.0 Å². The summed E-state index contributed by atoms with van der Waals surface area (Å²) in [7, 11) is 0. The number of aromatic nitrogens is 3. The van der Waals surface area contributed by atoms with Crippen molar-refractivity contribution in [3.63, 3.8) is 0 Å². The Morgan fingerprint density at radius 3 is 1.19 bits per heavy atom. The molecule has 8 aromatic carbocycles. The Bertz CT molecular complexity index is 3720. The highest BCUT2D eigenvalue weighted by Crippen LogP contribution is 2.41. The van der Waals surface area contributed by atoms with Gasteiger partial charge in [0.05, 0.1) is 11.4 Å². The van der Waals surface area contributed by atoms with Crippen LogP contribution in [0.2, 0.25) is 0 Å². The molecule has 276 valence electrons. The minimum absolute atomic E-state index is 0.415. The second-order valence-corrected chi connectivity index (χ2v) is 14.8. The third kappa shape index (κ3) is 4.93. The van der Waals surface area contributed by atoms with E-state index >= 15 is 0 Å². The number of hydrogen-bond donors (Lipinski definition) is 0. The number of fused-ring (bicyclic) bond motifs is 12. The highest BCUT2D eigenvalue weighted by Gasteiger charge is 2.23. The smallest absolute Gasteiger partial charge is 0.238 e. The summed E-state index contributed by atoms with van der Waals surface area (Å²) in [4.78, 5) is 17.8. The molecule has 0 fully saturated rings. The third-order valence-electron chi connectivity index (χ3n) is 11.3. The van der Waals surface area contributed by atoms with E-state index in [1.807, 2.05) is 114 Å². The minimum atomic E-state index is 0.415. The molecule has 59 heavy (non-hydrogen) atoms. The molecule has 0 radical (unpaired) electrons. The first-order chi connectivity index (χ1) is 29.2. The first kappa shape index (κ1) is 31.9. The molecule has 13 aromatic rings. The van der Waals surface area contributed by atoms with Crippen LogP contribution in [0.25, 0.3) is 111 Å². The van der Waals surface area contributed by atoms with Crippen LogP contribution in [-0.2, 0) is 0 Å². The minimum Gasteiger partial charge on any atom is -0.456 e. The number of benzene rings is 8. The number of hydrogen-bond acceptors (Lipinski definition) is 8. The number of furan rings is 4. The molecule has 0 aliphatic carbocycles. The summed E-state index contributed by atoms with van der Waals surface area (Å²) in [5, 5.41) is 8.23. The lowest BCUT2D eigenvalue weighted by molar-refractivity contribution is 0.668. The van der Waals surface area contributed by atoms with Gasteiger partial charge >= 0.3 is 0 Å². The predicted molar refractivity (Wildman–Crippen MR) is 234 cm³/mol. The number of nitrogens with zero attached hydrogens (tertiary/aromatic N) is 4. The molecule has 0 unspecified atom stereocenters. The fraction of sp³-hybridized carbons (Fsp3) is 0. The monoisotopic (exact) mass is 760 g/mol. The van der Waals surface area contributed by atoms with Crippen molar-refractivity contribution >= 4 is 105 Å². The molecule has 0 aliphatic rings. The normalized spacial score (nSPS) is 12.1. The van der Waals surface area contributed by atoms with Crippen molar-refractivity contribution in [3.8, 4) is 22.8 Å². The summed E-state index contributed by atoms with van der Waals surface area (Å²) in [6.07, 6.45) is 0. The average molecular weight is 761 g/mol. The predicted octanol–water partition coefficient (Wildman–Crippen LogP) is 14.3. The largest absolute Gasteiger partial charge is 0.456 e. The van der Waals surface area contributed by atoms with Crippen molar-refractivity contribution in [3.05, 3.63) is 170 Å². The second kappa shape index (κ2) is 12.1. The van der Waals surface area contributed by atoms with Gasteiger partial charge < -0.3 is 17.7 Å². The lowest BCUT2D eigenvalue weighted by Gasteiger charge is -2.24. The van der Waals surface area contributed by atoms with E-state index in [0.717, 1.165) is 110 Å². The fourth-order valence-corrected chi connectivity index (χ4v) is 8.54. The van der Waals surface area contributed by atoms with Crippen molar-refractivity contribution in [2.24, 2.45) is 0 Å². The van der Waals surface area contributed by atoms with Gasteiger partial charge in [0, 0.05) is 66.3 Å². The van der Waals surface area contributed by atoms with E-state index in [2.05, 4.69) is 60.7 Å². The van der Waals surface area contributed by atoms with Crippen molar-refractivity contribution in [1.29, 1.82) is 0 Å². The van der Waals surface area contributed by atoms with Gasteiger partial charge in [0.1, 0.15) is 44.7 Å². The van der Waals surface area contributed by atoms with E-state index in [4.69, 9.17) is 32.6 Å². The SMILES string of the molecule is c1ccc2c(c1)oc1cc(-c3nc(-c4ccc5oc6ccccc6c5c4)nc(N(c4ccc5c(c4)oc4ccccc45)c4ccc5c(c4)oc4ccccc45)n3)ccc12. The summed E-state index contributed by atoms with van der Waals surface area (Å²) < 4.78 is 25.4. The van der Waals surface area contributed by atoms with E-state index in [9.17, 15) is 0 Å². The van der Waals surface area contributed by atoms with Crippen molar-refractivity contribution in [2.45, 2.75) is 0 Å². The lowest BCUT2D eigenvalue weighted by atomic mass is 10.1. The van der Waals surface area contributed by atoms with Gasteiger partial charge in [0.15, 0.2) is 11.6 Å². The Hall–Kier alpha value is -8.23. The summed E-state index contributed by atoms with van der Waals surface area (Å²) in [6, 6.07) is 57.0. The molecule has 8 heteroatoms. The van der Waals surface area contributed by atoms with Crippen LogP contribution in [0, 0.1) is 0 Å². The maximum atomic E-state index is 6.43. The zero-order valence-corrected chi connectivity index (χ0v) is 31.1. The molecule has 0 N–H and O–H groups in total. The summed E-state index contributed by atoms with van der Waals surface area (Å²) in [5.41, 5.74) is 9.55.